The second-order valence-corrected chi connectivity index (χ2v) is 11.9. The second kappa shape index (κ2) is 5.62. The Kier molecular flexibility index (Phi) is 5.66. The maximum atomic E-state index is 11.5. The summed E-state index contributed by atoms with van der Waals surface area (Å²) in [5, 5.41) is 0. The van der Waals surface area contributed by atoms with Crippen LogP contribution in [0.1, 0.15) is 27.7 Å². The number of carbonyl (C=O) groups is 1. The first kappa shape index (κ1) is 16.1. The molecule has 0 saturated carbocycles. The molecule has 0 aromatic carbocycles. The molecular formula is C9H15Cl3O3Si. The van der Waals surface area contributed by atoms with Gasteiger partial charge in [-0.25, -0.2) is 0 Å². The van der Waals surface area contributed by atoms with E-state index in [1.165, 1.54) is 0 Å². The smallest absolute Gasteiger partial charge is 0.509 e. The Balaban J connectivity index is 4.33. The summed E-state index contributed by atoms with van der Waals surface area (Å²) in [6.07, 6.45) is -3.90. The van der Waals surface area contributed by atoms with Gasteiger partial charge in [0, 0.05) is 0 Å². The van der Waals surface area contributed by atoms with E-state index in [1.54, 1.807) is 27.7 Å². The third kappa shape index (κ3) is 6.63. The number of ether oxygens (including phenoxy) is 1. The van der Waals surface area contributed by atoms with Crippen molar-refractivity contribution in [3.8, 4) is 0 Å². The first-order valence-corrected chi connectivity index (χ1v) is 9.53. The zero-order valence-corrected chi connectivity index (χ0v) is 12.9. The minimum atomic E-state index is -3.25. The Labute approximate surface area is 111 Å². The molecule has 0 unspecified atom stereocenters. The van der Waals surface area contributed by atoms with Gasteiger partial charge in [0.25, 0.3) is 0 Å². The molecule has 0 N–H and O–H groups in total. The van der Waals surface area contributed by atoms with E-state index in [4.69, 9.17) is 42.4 Å². The van der Waals surface area contributed by atoms with Crippen LogP contribution < -0.4 is 0 Å². The lowest BCUT2D eigenvalue weighted by Gasteiger charge is -2.23. The number of rotatable bonds is 4. The summed E-state index contributed by atoms with van der Waals surface area (Å²) in [6, 6.07) is 0. The number of esters is 1. The summed E-state index contributed by atoms with van der Waals surface area (Å²) >= 11 is 16.6. The predicted molar refractivity (Wildman–Crippen MR) is 68.5 cm³/mol. The number of halogens is 3. The van der Waals surface area contributed by atoms with Gasteiger partial charge in [0.05, 0.1) is 5.41 Å². The van der Waals surface area contributed by atoms with Crippen molar-refractivity contribution < 1.29 is 14.0 Å². The lowest BCUT2D eigenvalue weighted by atomic mass is 9.97. The van der Waals surface area contributed by atoms with Gasteiger partial charge in [-0.15, -0.1) is 0 Å². The molecule has 0 amide bonds. The Morgan fingerprint density at radius 3 is 2.06 bits per heavy atom. The summed E-state index contributed by atoms with van der Waals surface area (Å²) in [4.78, 5) is 11.5. The fourth-order valence-corrected chi connectivity index (χ4v) is 1.99. The third-order valence-electron chi connectivity index (χ3n) is 1.60. The van der Waals surface area contributed by atoms with Crippen LogP contribution >= 0.6 is 33.2 Å². The van der Waals surface area contributed by atoms with Gasteiger partial charge in [-0.1, -0.05) is 39.8 Å². The molecule has 0 heterocycles. The van der Waals surface area contributed by atoms with Gasteiger partial charge in [0.2, 0.25) is 0 Å². The van der Waals surface area contributed by atoms with Crippen LogP contribution in [0.15, 0.2) is 12.3 Å². The van der Waals surface area contributed by atoms with Crippen molar-refractivity contribution in [2.45, 2.75) is 33.8 Å². The van der Waals surface area contributed by atoms with Crippen LogP contribution in [0.3, 0.4) is 0 Å². The topological polar surface area (TPSA) is 35.5 Å². The van der Waals surface area contributed by atoms with Crippen LogP contribution in [0.4, 0.5) is 0 Å². The van der Waals surface area contributed by atoms with E-state index >= 15 is 0 Å². The van der Waals surface area contributed by atoms with E-state index in [0.717, 1.165) is 0 Å². The van der Waals surface area contributed by atoms with E-state index in [2.05, 4.69) is 6.58 Å². The predicted octanol–water partition coefficient (Wildman–Crippen LogP) is 3.65. The molecule has 0 rings (SSSR count). The number of hydrogen-bond acceptors (Lipinski definition) is 3. The van der Waals surface area contributed by atoms with Crippen molar-refractivity contribution in [2.24, 2.45) is 5.41 Å². The molecular weight excluding hydrogens is 291 g/mol. The zero-order valence-electron chi connectivity index (χ0n) is 9.64. The Bertz CT molecular complexity index is 281. The van der Waals surface area contributed by atoms with Crippen LogP contribution in [-0.2, 0) is 14.0 Å². The summed E-state index contributed by atoms with van der Waals surface area (Å²) in [7, 11) is 0. The van der Waals surface area contributed by atoms with E-state index in [9.17, 15) is 4.79 Å². The minimum Gasteiger partial charge on any atom is -0.509 e. The molecule has 7 heteroatoms. The summed E-state index contributed by atoms with van der Waals surface area (Å²) in [5.74, 6) is -0.222. The quantitative estimate of drug-likeness (QED) is 0.344. The molecule has 0 spiro atoms. The lowest BCUT2D eigenvalue weighted by Crippen LogP contribution is -2.30. The minimum absolute atomic E-state index is 0.143. The Hall–Kier alpha value is 0.0969. The van der Waals surface area contributed by atoms with Gasteiger partial charge in [-0.3, -0.25) is 4.79 Å². The standard InChI is InChI=1S/C9H15Cl3O3Si/c1-6(7(2)15-16(10,11)12)14-8(13)9(3,4)5/h6H,2H2,1,3-5H3/t6-/m0/s1. The fraction of sp³-hybridized carbons (Fsp3) is 0.667. The molecule has 0 bridgehead atoms. The average molecular weight is 306 g/mol. The molecule has 0 aromatic heterocycles. The highest BCUT2D eigenvalue weighted by Gasteiger charge is 2.33. The molecule has 0 aliphatic carbocycles. The van der Waals surface area contributed by atoms with Crippen LogP contribution in [0, 0.1) is 5.41 Å². The molecule has 0 aliphatic heterocycles. The van der Waals surface area contributed by atoms with E-state index in [0.29, 0.717) is 0 Å². The first-order chi connectivity index (χ1) is 6.93. The van der Waals surface area contributed by atoms with Crippen molar-refractivity contribution in [3.63, 3.8) is 0 Å². The third-order valence-corrected chi connectivity index (χ3v) is 2.78. The average Bonchev–Trinajstić information content (AvgIpc) is 1.98. The van der Waals surface area contributed by atoms with Gasteiger partial charge >= 0.3 is 12.2 Å². The maximum Gasteiger partial charge on any atom is 0.555 e. The maximum absolute atomic E-state index is 11.5. The fourth-order valence-electron chi connectivity index (χ4n) is 0.635. The molecule has 0 aliphatic rings. The monoisotopic (exact) mass is 304 g/mol. The summed E-state index contributed by atoms with van der Waals surface area (Å²) in [5.41, 5.74) is -0.591. The van der Waals surface area contributed by atoms with Crippen LogP contribution in [0.25, 0.3) is 0 Å². The second-order valence-electron chi connectivity index (χ2n) is 4.31. The number of carbonyl (C=O) groups excluding carboxylic acids is 1. The van der Waals surface area contributed by atoms with Crippen molar-refractivity contribution >= 4 is 45.5 Å². The van der Waals surface area contributed by atoms with Gasteiger partial charge < -0.3 is 9.16 Å². The van der Waals surface area contributed by atoms with Crippen molar-refractivity contribution in [3.05, 3.63) is 12.3 Å². The van der Waals surface area contributed by atoms with E-state index in [1.807, 2.05) is 0 Å². The summed E-state index contributed by atoms with van der Waals surface area (Å²) in [6.45, 7) is 10.4. The molecule has 16 heavy (non-hydrogen) atoms. The van der Waals surface area contributed by atoms with Crippen molar-refractivity contribution in [1.29, 1.82) is 0 Å². The van der Waals surface area contributed by atoms with Crippen molar-refractivity contribution in [1.82, 2.24) is 0 Å². The van der Waals surface area contributed by atoms with Crippen molar-refractivity contribution in [2.75, 3.05) is 0 Å². The highest BCUT2D eigenvalue weighted by atomic mass is 35.8. The van der Waals surface area contributed by atoms with Gasteiger partial charge in [-0.05, 0) is 27.7 Å². The molecule has 3 nitrogen and oxygen atoms in total. The van der Waals surface area contributed by atoms with E-state index < -0.39 is 17.8 Å². The lowest BCUT2D eigenvalue weighted by molar-refractivity contribution is -0.157. The Morgan fingerprint density at radius 1 is 1.31 bits per heavy atom. The highest BCUT2D eigenvalue weighted by Crippen LogP contribution is 2.26. The molecule has 0 aromatic rings. The summed E-state index contributed by atoms with van der Waals surface area (Å²) < 4.78 is 10.1. The zero-order chi connectivity index (χ0) is 13.1. The van der Waals surface area contributed by atoms with Gasteiger partial charge in [0.1, 0.15) is 5.76 Å². The molecule has 0 radical (unpaired) electrons. The molecule has 1 atom stereocenters. The van der Waals surface area contributed by atoms with Gasteiger partial charge in [-0.2, -0.15) is 0 Å². The normalized spacial score (nSPS) is 14.2. The van der Waals surface area contributed by atoms with Crippen LogP contribution in [0.5, 0.6) is 0 Å². The highest BCUT2D eigenvalue weighted by molar-refractivity contribution is 7.62. The van der Waals surface area contributed by atoms with Crippen LogP contribution in [0.2, 0.25) is 0 Å². The number of hydrogen-bond donors (Lipinski definition) is 0. The van der Waals surface area contributed by atoms with Crippen LogP contribution in [-0.4, -0.2) is 18.3 Å². The SMILES string of the molecule is C=C(O[Si](Cl)(Cl)Cl)[C@H](C)OC(=O)C(C)(C)C. The molecule has 0 fully saturated rings. The first-order valence-electron chi connectivity index (χ1n) is 4.59. The molecule has 94 valence electrons. The largest absolute Gasteiger partial charge is 0.555 e. The van der Waals surface area contributed by atoms with Gasteiger partial charge in [0.15, 0.2) is 6.10 Å². The Morgan fingerprint density at radius 2 is 1.75 bits per heavy atom. The molecule has 0 saturated heterocycles. The van der Waals surface area contributed by atoms with E-state index in [-0.39, 0.29) is 11.7 Å².